The lowest BCUT2D eigenvalue weighted by molar-refractivity contribution is -0.141. The molecular weight excluding hydrogens is 488 g/mol. The number of pyridine rings is 1. The summed E-state index contributed by atoms with van der Waals surface area (Å²) >= 11 is 0. The number of halogens is 4. The van der Waals surface area contributed by atoms with Crippen LogP contribution in [0.4, 0.5) is 29.1 Å². The summed E-state index contributed by atoms with van der Waals surface area (Å²) in [5.41, 5.74) is -1.37. The van der Waals surface area contributed by atoms with Crippen LogP contribution in [0.1, 0.15) is 36.2 Å². The van der Waals surface area contributed by atoms with E-state index in [1.807, 2.05) is 4.72 Å². The molecule has 0 radical (unpaired) electrons. The van der Waals surface area contributed by atoms with Crippen molar-refractivity contribution in [1.29, 1.82) is 0 Å². The van der Waals surface area contributed by atoms with Crippen LogP contribution < -0.4 is 14.9 Å². The Labute approximate surface area is 201 Å². The molecule has 0 saturated carbocycles. The zero-order chi connectivity index (χ0) is 26.6. The Kier molecular flexibility index (Phi) is 8.51. The second kappa shape index (κ2) is 10.8. The Balaban J connectivity index is 2.31. The first kappa shape index (κ1) is 27.7. The standard InChI is InChI=1S/C23H24F4N4O3S/c1-6-16-11-15(12-18(24)20(16)30-35(5,33)34)13-28-22(32)14(4)17-9-10-19(23(25,26)27)29-21(17)31(7-2)8-3/h1,9-12,30H,4,7-8,13H2,2-3,5H3,(H,28,32). The van der Waals surface area contributed by atoms with Gasteiger partial charge in [0.1, 0.15) is 17.3 Å². The zero-order valence-corrected chi connectivity index (χ0v) is 20.1. The number of nitrogens with one attached hydrogen (secondary N) is 2. The van der Waals surface area contributed by atoms with Crippen LogP contribution >= 0.6 is 0 Å². The van der Waals surface area contributed by atoms with Crippen LogP contribution in [-0.2, 0) is 27.5 Å². The van der Waals surface area contributed by atoms with Gasteiger partial charge in [0.2, 0.25) is 10.0 Å². The molecule has 2 aromatic rings. The van der Waals surface area contributed by atoms with E-state index in [9.17, 15) is 30.8 Å². The lowest BCUT2D eigenvalue weighted by Gasteiger charge is -2.24. The van der Waals surface area contributed by atoms with E-state index in [-0.39, 0.29) is 34.6 Å². The second-order valence-electron chi connectivity index (χ2n) is 7.42. The number of benzene rings is 1. The number of anilines is 2. The van der Waals surface area contributed by atoms with Gasteiger partial charge in [-0.05, 0) is 43.7 Å². The number of alkyl halides is 3. The summed E-state index contributed by atoms with van der Waals surface area (Å²) in [7, 11) is -3.79. The van der Waals surface area contributed by atoms with Crippen LogP contribution in [0.2, 0.25) is 0 Å². The smallest absolute Gasteiger partial charge is 0.357 e. The number of carbonyl (C=O) groups excluding carboxylic acids is 1. The highest BCUT2D eigenvalue weighted by molar-refractivity contribution is 7.92. The van der Waals surface area contributed by atoms with Gasteiger partial charge in [0.15, 0.2) is 0 Å². The van der Waals surface area contributed by atoms with E-state index in [2.05, 4.69) is 22.8 Å². The van der Waals surface area contributed by atoms with Crippen molar-refractivity contribution in [1.82, 2.24) is 10.3 Å². The quantitative estimate of drug-likeness (QED) is 0.303. The highest BCUT2D eigenvalue weighted by Crippen LogP contribution is 2.33. The molecule has 7 nitrogen and oxygen atoms in total. The minimum atomic E-state index is -4.67. The van der Waals surface area contributed by atoms with Gasteiger partial charge in [0.05, 0.1) is 17.5 Å². The van der Waals surface area contributed by atoms with Crippen LogP contribution in [0.25, 0.3) is 5.57 Å². The van der Waals surface area contributed by atoms with Crippen molar-refractivity contribution in [2.75, 3.05) is 29.0 Å². The fraction of sp³-hybridized carbons (Fsp3) is 0.304. The minimum Gasteiger partial charge on any atom is -0.357 e. The molecule has 0 aliphatic heterocycles. The van der Waals surface area contributed by atoms with Gasteiger partial charge in [-0.1, -0.05) is 12.5 Å². The Hall–Kier alpha value is -3.59. The summed E-state index contributed by atoms with van der Waals surface area (Å²) in [4.78, 5) is 18.0. The van der Waals surface area contributed by atoms with Crippen LogP contribution in [0.5, 0.6) is 0 Å². The van der Waals surface area contributed by atoms with Crippen molar-refractivity contribution in [3.05, 3.63) is 59.0 Å². The molecule has 1 aromatic carbocycles. The summed E-state index contributed by atoms with van der Waals surface area (Å²) < 4.78 is 78.9. The van der Waals surface area contributed by atoms with E-state index in [4.69, 9.17) is 6.42 Å². The van der Waals surface area contributed by atoms with Crippen molar-refractivity contribution in [3.63, 3.8) is 0 Å². The Morgan fingerprint density at radius 1 is 1.23 bits per heavy atom. The summed E-state index contributed by atoms with van der Waals surface area (Å²) in [6, 6.07) is 4.22. The lowest BCUT2D eigenvalue weighted by Crippen LogP contribution is -2.28. The third-order valence-corrected chi connectivity index (χ3v) is 5.45. The second-order valence-corrected chi connectivity index (χ2v) is 9.17. The van der Waals surface area contributed by atoms with Gasteiger partial charge >= 0.3 is 6.18 Å². The van der Waals surface area contributed by atoms with Crippen molar-refractivity contribution in [2.45, 2.75) is 26.6 Å². The van der Waals surface area contributed by atoms with Crippen molar-refractivity contribution in [2.24, 2.45) is 0 Å². The molecule has 0 aliphatic carbocycles. The molecule has 188 valence electrons. The number of terminal acetylenes is 1. The van der Waals surface area contributed by atoms with Crippen molar-refractivity contribution >= 4 is 33.0 Å². The molecular formula is C23H24F4N4O3S. The third kappa shape index (κ3) is 6.95. The van der Waals surface area contributed by atoms with E-state index in [0.717, 1.165) is 24.5 Å². The molecule has 2 rings (SSSR count). The van der Waals surface area contributed by atoms with E-state index >= 15 is 0 Å². The number of carbonyl (C=O) groups is 1. The maximum atomic E-state index is 14.5. The van der Waals surface area contributed by atoms with Gasteiger partial charge in [-0.25, -0.2) is 17.8 Å². The summed E-state index contributed by atoms with van der Waals surface area (Å²) in [6.45, 7) is 7.64. The highest BCUT2D eigenvalue weighted by atomic mass is 32.2. The number of nitrogens with zero attached hydrogens (tertiary/aromatic N) is 2. The van der Waals surface area contributed by atoms with Crippen LogP contribution in [0.15, 0.2) is 30.8 Å². The fourth-order valence-corrected chi connectivity index (χ4v) is 3.76. The predicted octanol–water partition coefficient (Wildman–Crippen LogP) is 3.77. The first-order valence-corrected chi connectivity index (χ1v) is 12.2. The predicted molar refractivity (Wildman–Crippen MR) is 126 cm³/mol. The van der Waals surface area contributed by atoms with Gasteiger partial charge in [0.25, 0.3) is 5.91 Å². The average molecular weight is 513 g/mol. The van der Waals surface area contributed by atoms with Gasteiger partial charge < -0.3 is 10.2 Å². The molecule has 0 spiro atoms. The maximum absolute atomic E-state index is 14.5. The minimum absolute atomic E-state index is 0.0400. The number of rotatable bonds is 9. The maximum Gasteiger partial charge on any atom is 0.433 e. The zero-order valence-electron chi connectivity index (χ0n) is 19.3. The molecule has 12 heteroatoms. The number of aromatic nitrogens is 1. The van der Waals surface area contributed by atoms with Crippen molar-refractivity contribution in [3.8, 4) is 12.3 Å². The molecule has 0 fully saturated rings. The summed E-state index contributed by atoms with van der Waals surface area (Å²) in [5, 5.41) is 2.51. The molecule has 1 aromatic heterocycles. The Bertz CT molecular complexity index is 1280. The molecule has 0 saturated heterocycles. The topological polar surface area (TPSA) is 91.4 Å². The molecule has 2 N–H and O–H groups in total. The molecule has 35 heavy (non-hydrogen) atoms. The molecule has 0 aliphatic rings. The average Bonchev–Trinajstić information content (AvgIpc) is 2.77. The largest absolute Gasteiger partial charge is 0.433 e. The molecule has 1 heterocycles. The number of hydrogen-bond acceptors (Lipinski definition) is 5. The highest BCUT2D eigenvalue weighted by Gasteiger charge is 2.34. The Morgan fingerprint density at radius 3 is 2.37 bits per heavy atom. The molecule has 0 unspecified atom stereocenters. The van der Waals surface area contributed by atoms with Crippen LogP contribution in [0.3, 0.4) is 0 Å². The first-order chi connectivity index (χ1) is 16.2. The summed E-state index contributed by atoms with van der Waals surface area (Å²) in [5.74, 6) is 0.482. The number of sulfonamides is 1. The van der Waals surface area contributed by atoms with E-state index in [0.29, 0.717) is 13.1 Å². The molecule has 1 amide bonds. The fourth-order valence-electron chi connectivity index (χ4n) is 3.19. The normalized spacial score (nSPS) is 11.5. The van der Waals surface area contributed by atoms with E-state index in [1.54, 1.807) is 18.7 Å². The van der Waals surface area contributed by atoms with Crippen molar-refractivity contribution < 1.29 is 30.8 Å². The molecule has 0 atom stereocenters. The van der Waals surface area contributed by atoms with E-state index < -0.39 is 39.3 Å². The van der Waals surface area contributed by atoms with E-state index in [1.165, 1.54) is 6.07 Å². The SMILES string of the molecule is C#Cc1cc(CNC(=O)C(=C)c2ccc(C(F)(F)F)nc2N(CC)CC)cc(F)c1NS(C)(=O)=O. The van der Waals surface area contributed by atoms with Gasteiger partial charge in [-0.15, -0.1) is 6.42 Å². The molecule has 0 bridgehead atoms. The monoisotopic (exact) mass is 512 g/mol. The van der Waals surface area contributed by atoms with Crippen LogP contribution in [-0.4, -0.2) is 38.7 Å². The summed E-state index contributed by atoms with van der Waals surface area (Å²) in [6.07, 6.45) is 1.53. The number of hydrogen-bond donors (Lipinski definition) is 2. The van der Waals surface area contributed by atoms with Gasteiger partial charge in [0, 0.05) is 30.8 Å². The first-order valence-electron chi connectivity index (χ1n) is 10.3. The Morgan fingerprint density at radius 2 is 1.86 bits per heavy atom. The third-order valence-electron chi connectivity index (χ3n) is 4.87. The number of amides is 1. The van der Waals surface area contributed by atoms with Gasteiger partial charge in [-0.2, -0.15) is 13.2 Å². The van der Waals surface area contributed by atoms with Crippen LogP contribution in [0, 0.1) is 18.2 Å². The lowest BCUT2D eigenvalue weighted by atomic mass is 10.1. The van der Waals surface area contributed by atoms with Gasteiger partial charge in [-0.3, -0.25) is 9.52 Å².